The number of thiophene rings is 1. The van der Waals surface area contributed by atoms with Crippen molar-refractivity contribution >= 4 is 51.4 Å². The Bertz CT molecular complexity index is 913. The predicted molar refractivity (Wildman–Crippen MR) is 79.2 cm³/mol. The number of rotatable bonds is 3. The zero-order valence-electron chi connectivity index (χ0n) is 10.6. The number of ketones is 1. The van der Waals surface area contributed by atoms with Crippen LogP contribution in [-0.4, -0.2) is 30.6 Å². The molecule has 0 aliphatic carbocycles. The van der Waals surface area contributed by atoms with Crippen LogP contribution in [0.2, 0.25) is 8.67 Å². The smallest absolute Gasteiger partial charge is 0.281 e. The minimum Gasteiger partial charge on any atom is -0.292 e. The van der Waals surface area contributed by atoms with Gasteiger partial charge in [0.15, 0.2) is 11.4 Å². The van der Waals surface area contributed by atoms with E-state index < -0.39 is 5.56 Å². The number of carbonyl (C=O) groups is 1. The van der Waals surface area contributed by atoms with Crippen molar-refractivity contribution < 1.29 is 4.79 Å². The monoisotopic (exact) mass is 343 g/mol. The van der Waals surface area contributed by atoms with Crippen molar-refractivity contribution in [1.29, 1.82) is 0 Å². The maximum Gasteiger partial charge on any atom is 0.281 e. The summed E-state index contributed by atoms with van der Waals surface area (Å²) in [5, 5.41) is 11.9. The van der Waals surface area contributed by atoms with Gasteiger partial charge in [0.25, 0.3) is 5.56 Å². The number of nitrogens with zero attached hydrogens (tertiary/aromatic N) is 5. The molecule has 0 bridgehead atoms. The predicted octanol–water partition coefficient (Wildman–Crippen LogP) is 1.78. The number of fused-ring (bicyclic) bond motifs is 1. The Morgan fingerprint density at radius 3 is 2.86 bits per heavy atom. The number of carbonyl (C=O) groups excluding carboxylic acids is 1. The highest BCUT2D eigenvalue weighted by Gasteiger charge is 2.17. The highest BCUT2D eigenvalue weighted by Crippen LogP contribution is 2.31. The van der Waals surface area contributed by atoms with Gasteiger partial charge in [0, 0.05) is 7.05 Å². The van der Waals surface area contributed by atoms with Crippen LogP contribution < -0.4 is 5.56 Å². The SMILES string of the molecule is Cn1ncc2c(=O)n(CC(=O)c3cc(Cl)sc3Cl)nnc21. The Morgan fingerprint density at radius 1 is 1.43 bits per heavy atom. The Hall–Kier alpha value is -1.77. The fourth-order valence-electron chi connectivity index (χ4n) is 1.83. The number of aryl methyl sites for hydroxylation is 1. The molecule has 0 amide bonds. The van der Waals surface area contributed by atoms with Gasteiger partial charge in [0.05, 0.1) is 16.1 Å². The minimum absolute atomic E-state index is 0.260. The van der Waals surface area contributed by atoms with Crippen LogP contribution in [0.5, 0.6) is 0 Å². The van der Waals surface area contributed by atoms with Crippen LogP contribution >= 0.6 is 34.5 Å². The van der Waals surface area contributed by atoms with E-state index in [-0.39, 0.29) is 22.2 Å². The lowest BCUT2D eigenvalue weighted by Crippen LogP contribution is -2.27. The second-order valence-corrected chi connectivity index (χ2v) is 6.50. The molecule has 0 aliphatic rings. The second-order valence-electron chi connectivity index (χ2n) is 4.22. The van der Waals surface area contributed by atoms with Crippen molar-refractivity contribution in [2.45, 2.75) is 6.54 Å². The molecule has 3 aromatic heterocycles. The maximum absolute atomic E-state index is 12.2. The fraction of sp³-hybridized carbons (Fsp3) is 0.182. The van der Waals surface area contributed by atoms with Gasteiger partial charge in [-0.15, -0.1) is 16.4 Å². The first kappa shape index (κ1) is 14.2. The molecule has 3 rings (SSSR count). The Morgan fingerprint density at radius 2 is 2.19 bits per heavy atom. The summed E-state index contributed by atoms with van der Waals surface area (Å²) in [6.45, 7) is -0.260. The highest BCUT2D eigenvalue weighted by atomic mass is 35.5. The molecule has 21 heavy (non-hydrogen) atoms. The van der Waals surface area contributed by atoms with Crippen LogP contribution in [0, 0.1) is 0 Å². The second kappa shape index (κ2) is 5.21. The largest absolute Gasteiger partial charge is 0.292 e. The summed E-state index contributed by atoms with van der Waals surface area (Å²) in [5.41, 5.74) is 0.200. The van der Waals surface area contributed by atoms with Crippen molar-refractivity contribution in [3.8, 4) is 0 Å². The molecule has 0 atom stereocenters. The Kier molecular flexibility index (Phi) is 3.52. The molecule has 0 aromatic carbocycles. The van der Waals surface area contributed by atoms with Gasteiger partial charge in [-0.2, -0.15) is 5.10 Å². The number of halogens is 2. The minimum atomic E-state index is -0.432. The molecule has 0 spiro atoms. The molecule has 0 saturated carbocycles. The maximum atomic E-state index is 12.2. The lowest BCUT2D eigenvalue weighted by atomic mass is 10.2. The zero-order valence-corrected chi connectivity index (χ0v) is 12.9. The summed E-state index contributed by atoms with van der Waals surface area (Å²) in [5.74, 6) is -0.359. The molecule has 0 unspecified atom stereocenters. The van der Waals surface area contributed by atoms with Crippen LogP contribution in [0.4, 0.5) is 0 Å². The average Bonchev–Trinajstić information content (AvgIpc) is 2.96. The van der Waals surface area contributed by atoms with Gasteiger partial charge in [0.1, 0.15) is 16.3 Å². The first-order chi connectivity index (χ1) is 9.97. The summed E-state index contributed by atoms with van der Waals surface area (Å²) >= 11 is 12.8. The normalized spacial score (nSPS) is 11.2. The van der Waals surface area contributed by atoms with Crippen LogP contribution in [-0.2, 0) is 13.6 Å². The standard InChI is InChI=1S/C11H7Cl2N5O2S/c1-17-10-6(3-14-17)11(20)18(16-15-10)4-7(19)5-2-8(12)21-9(5)13/h2-3H,4H2,1H3. The molecule has 0 fully saturated rings. The first-order valence-electron chi connectivity index (χ1n) is 5.71. The molecule has 0 aliphatic heterocycles. The molecule has 108 valence electrons. The van der Waals surface area contributed by atoms with E-state index in [2.05, 4.69) is 15.4 Å². The van der Waals surface area contributed by atoms with Gasteiger partial charge < -0.3 is 0 Å². The third-order valence-corrected chi connectivity index (χ3v) is 4.36. The lowest BCUT2D eigenvalue weighted by molar-refractivity contribution is 0.0965. The van der Waals surface area contributed by atoms with E-state index >= 15 is 0 Å². The van der Waals surface area contributed by atoms with Crippen molar-refractivity contribution in [2.75, 3.05) is 0 Å². The molecule has 7 nitrogen and oxygen atoms in total. The third-order valence-electron chi connectivity index (χ3n) is 2.87. The van der Waals surface area contributed by atoms with Crippen molar-refractivity contribution in [2.24, 2.45) is 7.05 Å². The highest BCUT2D eigenvalue weighted by molar-refractivity contribution is 7.20. The summed E-state index contributed by atoms with van der Waals surface area (Å²) in [6.07, 6.45) is 1.39. The van der Waals surface area contributed by atoms with Gasteiger partial charge in [-0.05, 0) is 6.07 Å². The summed E-state index contributed by atoms with van der Waals surface area (Å²) < 4.78 is 3.11. The van der Waals surface area contributed by atoms with Gasteiger partial charge in [-0.3, -0.25) is 9.59 Å². The Labute approximate surface area is 131 Å². The average molecular weight is 344 g/mol. The summed E-state index contributed by atoms with van der Waals surface area (Å²) in [4.78, 5) is 24.4. The van der Waals surface area contributed by atoms with Crippen LogP contribution in [0.15, 0.2) is 17.1 Å². The number of hydrogen-bond donors (Lipinski definition) is 0. The van der Waals surface area contributed by atoms with Crippen LogP contribution in [0.25, 0.3) is 11.0 Å². The quantitative estimate of drug-likeness (QED) is 0.677. The fourth-order valence-corrected chi connectivity index (χ4v) is 3.33. The summed E-state index contributed by atoms with van der Waals surface area (Å²) in [7, 11) is 1.65. The van der Waals surface area contributed by atoms with Crippen LogP contribution in [0.1, 0.15) is 10.4 Å². The molecular weight excluding hydrogens is 337 g/mol. The molecular formula is C11H7Cl2N5O2S. The zero-order chi connectivity index (χ0) is 15.1. The molecule has 10 heteroatoms. The van der Waals surface area contributed by atoms with E-state index in [0.717, 1.165) is 16.0 Å². The lowest BCUT2D eigenvalue weighted by Gasteiger charge is -2.02. The number of aromatic nitrogens is 5. The summed E-state index contributed by atoms with van der Waals surface area (Å²) in [6, 6.07) is 1.47. The van der Waals surface area contributed by atoms with E-state index in [1.807, 2.05) is 0 Å². The van der Waals surface area contributed by atoms with E-state index in [1.165, 1.54) is 16.9 Å². The Balaban J connectivity index is 1.98. The van der Waals surface area contributed by atoms with Gasteiger partial charge in [-0.25, -0.2) is 9.36 Å². The van der Waals surface area contributed by atoms with E-state index in [4.69, 9.17) is 23.2 Å². The molecule has 3 aromatic rings. The van der Waals surface area contributed by atoms with E-state index in [1.54, 1.807) is 7.05 Å². The molecule has 3 heterocycles. The molecule has 0 radical (unpaired) electrons. The number of Topliss-reactive ketones (excluding diaryl/α,β-unsaturated/α-hetero) is 1. The van der Waals surface area contributed by atoms with Crippen LogP contribution in [0.3, 0.4) is 0 Å². The van der Waals surface area contributed by atoms with Gasteiger partial charge >= 0.3 is 0 Å². The number of hydrogen-bond acceptors (Lipinski definition) is 6. The topological polar surface area (TPSA) is 82.7 Å². The van der Waals surface area contributed by atoms with Gasteiger partial charge in [-0.1, -0.05) is 28.4 Å². The third kappa shape index (κ3) is 2.45. The van der Waals surface area contributed by atoms with E-state index in [0.29, 0.717) is 15.4 Å². The van der Waals surface area contributed by atoms with Crippen molar-refractivity contribution in [3.05, 3.63) is 36.9 Å². The van der Waals surface area contributed by atoms with E-state index in [9.17, 15) is 9.59 Å². The van der Waals surface area contributed by atoms with Crippen molar-refractivity contribution in [3.63, 3.8) is 0 Å². The van der Waals surface area contributed by atoms with Gasteiger partial charge in [0.2, 0.25) is 0 Å². The first-order valence-corrected chi connectivity index (χ1v) is 7.28. The van der Waals surface area contributed by atoms with Crippen molar-refractivity contribution in [1.82, 2.24) is 24.8 Å². The molecule has 0 saturated heterocycles. The molecule has 0 N–H and O–H groups in total.